The Balaban J connectivity index is 2.51. The third-order valence-corrected chi connectivity index (χ3v) is 8.98. The van der Waals surface area contributed by atoms with Crippen molar-refractivity contribution < 1.29 is 0 Å². The van der Waals surface area contributed by atoms with E-state index < -0.39 is 0 Å². The van der Waals surface area contributed by atoms with Crippen LogP contribution in [0.25, 0.3) is 0 Å². The molecule has 0 aromatic carbocycles. The SMILES string of the molecule is C=CC(C)(/C=C/C(C)CCC(C)[C@@]1(C)CC[C@H](C)C(=C)C1)CC/C=C(\C)CCC(C)C(=C)C. The summed E-state index contributed by atoms with van der Waals surface area (Å²) < 4.78 is 0. The van der Waals surface area contributed by atoms with Crippen LogP contribution in [-0.4, -0.2) is 0 Å². The molecule has 1 fully saturated rings. The summed E-state index contributed by atoms with van der Waals surface area (Å²) in [6, 6.07) is 0. The predicted octanol–water partition coefficient (Wildman–Crippen LogP) is 10.9. The van der Waals surface area contributed by atoms with Crippen molar-refractivity contribution in [3.05, 3.63) is 60.8 Å². The summed E-state index contributed by atoms with van der Waals surface area (Å²) in [6.07, 6.45) is 20.5. The molecule has 0 spiro atoms. The second-order valence-electron chi connectivity index (χ2n) is 12.3. The zero-order chi connectivity index (χ0) is 25.2. The fraction of sp³-hybridized carbons (Fsp3) is 0.697. The number of allylic oxidation sites excluding steroid dienone is 7. The van der Waals surface area contributed by atoms with Gasteiger partial charge >= 0.3 is 0 Å². The van der Waals surface area contributed by atoms with Gasteiger partial charge in [-0.25, -0.2) is 0 Å². The van der Waals surface area contributed by atoms with Crippen molar-refractivity contribution in [1.82, 2.24) is 0 Å². The number of hydrogen-bond acceptors (Lipinski definition) is 0. The largest absolute Gasteiger partial charge is 0.102 e. The van der Waals surface area contributed by atoms with E-state index in [0.29, 0.717) is 23.2 Å². The Labute approximate surface area is 208 Å². The summed E-state index contributed by atoms with van der Waals surface area (Å²) in [7, 11) is 0. The molecule has 1 rings (SSSR count). The molecule has 0 aromatic heterocycles. The first-order valence-electron chi connectivity index (χ1n) is 13.6. The molecule has 0 heterocycles. The standard InChI is InChI=1S/C33H56/c1-12-32(10,21-13-14-26(4)15-17-28(6)25(2)3)22-19-27(5)16-18-31(9)33(11)23-20-29(7)30(8)24-33/h12,14,19,22,27-29,31H,1-2,8,13,15-18,20-21,23-24H2,3-7,9-11H3/b22-19+,26-14+/t27?,28?,29-,31?,32?,33-/m0/s1. The Hall–Kier alpha value is -1.30. The molecule has 33 heavy (non-hydrogen) atoms. The summed E-state index contributed by atoms with van der Waals surface area (Å²) in [5.74, 6) is 2.69. The van der Waals surface area contributed by atoms with Crippen LogP contribution in [0.3, 0.4) is 0 Å². The van der Waals surface area contributed by atoms with Crippen molar-refractivity contribution in [3.63, 3.8) is 0 Å². The van der Waals surface area contributed by atoms with Gasteiger partial charge < -0.3 is 0 Å². The number of rotatable bonds is 14. The van der Waals surface area contributed by atoms with Gasteiger partial charge in [-0.1, -0.05) is 95.7 Å². The lowest BCUT2D eigenvalue weighted by molar-refractivity contribution is 0.131. The van der Waals surface area contributed by atoms with Gasteiger partial charge in [0.25, 0.3) is 0 Å². The minimum atomic E-state index is 0.0743. The maximum Gasteiger partial charge on any atom is 0.00330 e. The fourth-order valence-electron chi connectivity index (χ4n) is 4.97. The van der Waals surface area contributed by atoms with E-state index >= 15 is 0 Å². The van der Waals surface area contributed by atoms with Gasteiger partial charge in [-0.3, -0.25) is 0 Å². The van der Waals surface area contributed by atoms with Crippen LogP contribution < -0.4 is 0 Å². The van der Waals surface area contributed by atoms with Crippen LogP contribution in [0.5, 0.6) is 0 Å². The zero-order valence-electron chi connectivity index (χ0n) is 23.6. The molecule has 1 aliphatic carbocycles. The molecule has 1 aliphatic rings. The molecule has 0 amide bonds. The van der Waals surface area contributed by atoms with E-state index in [9.17, 15) is 0 Å². The minimum absolute atomic E-state index is 0.0743. The van der Waals surface area contributed by atoms with Crippen LogP contribution in [0.15, 0.2) is 60.8 Å². The van der Waals surface area contributed by atoms with Crippen molar-refractivity contribution in [2.45, 2.75) is 113 Å². The highest BCUT2D eigenvalue weighted by molar-refractivity contribution is 5.11. The van der Waals surface area contributed by atoms with Gasteiger partial charge in [-0.15, -0.1) is 6.58 Å². The molecule has 188 valence electrons. The van der Waals surface area contributed by atoms with E-state index in [1.54, 1.807) is 0 Å². The Morgan fingerprint density at radius 3 is 2.42 bits per heavy atom. The number of hydrogen-bond donors (Lipinski definition) is 0. The maximum absolute atomic E-state index is 4.37. The van der Waals surface area contributed by atoms with Crippen LogP contribution in [0, 0.1) is 34.5 Å². The zero-order valence-corrected chi connectivity index (χ0v) is 23.6. The van der Waals surface area contributed by atoms with Crippen LogP contribution in [0.1, 0.15) is 113 Å². The van der Waals surface area contributed by atoms with Crippen LogP contribution in [-0.2, 0) is 0 Å². The van der Waals surface area contributed by atoms with Crippen molar-refractivity contribution in [1.29, 1.82) is 0 Å². The first kappa shape index (κ1) is 29.7. The first-order chi connectivity index (χ1) is 15.3. The highest BCUT2D eigenvalue weighted by atomic mass is 14.4. The minimum Gasteiger partial charge on any atom is -0.102 e. The average molecular weight is 453 g/mol. The molecule has 0 nitrogen and oxygen atoms in total. The van der Waals surface area contributed by atoms with Crippen LogP contribution in [0.4, 0.5) is 0 Å². The highest BCUT2D eigenvalue weighted by Crippen LogP contribution is 2.47. The third kappa shape index (κ3) is 10.2. The molecule has 6 atom stereocenters. The van der Waals surface area contributed by atoms with Gasteiger partial charge in [0, 0.05) is 5.41 Å². The Kier molecular flexibility index (Phi) is 12.2. The normalized spacial score (nSPS) is 26.6. The summed E-state index contributed by atoms with van der Waals surface area (Å²) in [5.41, 5.74) is 4.79. The Bertz CT molecular complexity index is 704. The van der Waals surface area contributed by atoms with Gasteiger partial charge in [0.05, 0.1) is 0 Å². The predicted molar refractivity (Wildman–Crippen MR) is 151 cm³/mol. The van der Waals surface area contributed by atoms with Crippen molar-refractivity contribution >= 4 is 0 Å². The topological polar surface area (TPSA) is 0 Å². The monoisotopic (exact) mass is 452 g/mol. The molecule has 0 bridgehead atoms. The van der Waals surface area contributed by atoms with Gasteiger partial charge in [0.2, 0.25) is 0 Å². The molecular weight excluding hydrogens is 396 g/mol. The molecule has 0 aromatic rings. The maximum atomic E-state index is 4.37. The van der Waals surface area contributed by atoms with Gasteiger partial charge in [-0.2, -0.15) is 0 Å². The molecule has 0 saturated heterocycles. The van der Waals surface area contributed by atoms with E-state index in [-0.39, 0.29) is 5.41 Å². The van der Waals surface area contributed by atoms with Crippen molar-refractivity contribution in [3.8, 4) is 0 Å². The summed E-state index contributed by atoms with van der Waals surface area (Å²) in [5, 5.41) is 0. The highest BCUT2D eigenvalue weighted by Gasteiger charge is 2.36. The molecular formula is C33H56. The van der Waals surface area contributed by atoms with Gasteiger partial charge in [-0.05, 0) is 101 Å². The van der Waals surface area contributed by atoms with Gasteiger partial charge in [0.1, 0.15) is 0 Å². The second-order valence-corrected chi connectivity index (χ2v) is 12.3. The van der Waals surface area contributed by atoms with Crippen LogP contribution in [0.2, 0.25) is 0 Å². The van der Waals surface area contributed by atoms with Gasteiger partial charge in [0.15, 0.2) is 0 Å². The van der Waals surface area contributed by atoms with E-state index in [1.807, 2.05) is 0 Å². The van der Waals surface area contributed by atoms with Crippen molar-refractivity contribution in [2.75, 3.05) is 0 Å². The fourth-order valence-corrected chi connectivity index (χ4v) is 4.97. The molecule has 0 N–H and O–H groups in total. The summed E-state index contributed by atoms with van der Waals surface area (Å²) >= 11 is 0. The quantitative estimate of drug-likeness (QED) is 0.230. The average Bonchev–Trinajstić information content (AvgIpc) is 2.76. The van der Waals surface area contributed by atoms with Crippen molar-refractivity contribution in [2.24, 2.45) is 34.5 Å². The van der Waals surface area contributed by atoms with E-state index in [4.69, 9.17) is 0 Å². The summed E-state index contributed by atoms with van der Waals surface area (Å²) in [6.45, 7) is 31.3. The lowest BCUT2D eigenvalue weighted by atomic mass is 9.63. The summed E-state index contributed by atoms with van der Waals surface area (Å²) in [4.78, 5) is 0. The molecule has 0 aliphatic heterocycles. The first-order valence-corrected chi connectivity index (χ1v) is 13.6. The lowest BCUT2D eigenvalue weighted by Gasteiger charge is -2.42. The van der Waals surface area contributed by atoms with E-state index in [2.05, 4.69) is 99.4 Å². The van der Waals surface area contributed by atoms with E-state index in [1.165, 1.54) is 61.7 Å². The third-order valence-electron chi connectivity index (χ3n) is 8.98. The molecule has 1 saturated carbocycles. The lowest BCUT2D eigenvalue weighted by Crippen LogP contribution is -2.31. The Morgan fingerprint density at radius 2 is 1.85 bits per heavy atom. The molecule has 0 heteroatoms. The molecule has 4 unspecified atom stereocenters. The second kappa shape index (κ2) is 13.6. The van der Waals surface area contributed by atoms with E-state index in [0.717, 1.165) is 18.8 Å². The smallest absolute Gasteiger partial charge is 0.00330 e. The Morgan fingerprint density at radius 1 is 1.18 bits per heavy atom. The van der Waals surface area contributed by atoms with Crippen LogP contribution >= 0.6 is 0 Å². The molecule has 0 radical (unpaired) electrons.